The highest BCUT2D eigenvalue weighted by Crippen LogP contribution is 2.34. The maximum absolute atomic E-state index is 9.38. The third kappa shape index (κ3) is 5.33. The van der Waals surface area contributed by atoms with Gasteiger partial charge in [-0.3, -0.25) is 0 Å². The van der Waals surface area contributed by atoms with Gasteiger partial charge in [0.15, 0.2) is 11.5 Å². The van der Waals surface area contributed by atoms with Crippen LogP contribution in [0.3, 0.4) is 0 Å². The smallest absolute Gasteiger partial charge is 0.163 e. The Morgan fingerprint density at radius 1 is 0.964 bits per heavy atom. The number of hydrogen-bond donors (Lipinski definition) is 2. The molecular formula is C23H24ClNO3. The van der Waals surface area contributed by atoms with Gasteiger partial charge in [-0.25, -0.2) is 0 Å². The summed E-state index contributed by atoms with van der Waals surface area (Å²) < 4.78 is 11.8. The number of nitrogens with one attached hydrogen (secondary N) is 1. The predicted octanol–water partition coefficient (Wildman–Crippen LogP) is 5.94. The topological polar surface area (TPSA) is 50.7 Å². The minimum absolute atomic E-state index is 0.234. The lowest BCUT2D eigenvalue weighted by atomic mass is 10.1. The molecule has 3 rings (SSSR count). The predicted molar refractivity (Wildman–Crippen MR) is 114 cm³/mol. The van der Waals surface area contributed by atoms with Gasteiger partial charge in [-0.2, -0.15) is 0 Å². The maximum atomic E-state index is 9.38. The van der Waals surface area contributed by atoms with Gasteiger partial charge < -0.3 is 19.9 Å². The van der Waals surface area contributed by atoms with Gasteiger partial charge in [-0.1, -0.05) is 41.4 Å². The standard InChI is InChI=1S/C23H24ClNO3/c1-3-27-22-12-18(14-25-19-7-9-20(26)10-8-19)21(24)13-23(22)28-15-17-6-4-5-16(2)11-17/h4-13,25-26H,3,14-15H2,1-2H3. The Hall–Kier alpha value is -2.85. The molecule has 0 aliphatic carbocycles. The largest absolute Gasteiger partial charge is 0.508 e. The number of rotatable bonds is 8. The van der Waals surface area contributed by atoms with Crippen LogP contribution in [0.5, 0.6) is 17.2 Å². The number of benzene rings is 3. The number of aromatic hydroxyl groups is 1. The third-order valence-corrected chi connectivity index (χ3v) is 4.59. The van der Waals surface area contributed by atoms with Crippen LogP contribution < -0.4 is 14.8 Å². The highest BCUT2D eigenvalue weighted by atomic mass is 35.5. The molecular weight excluding hydrogens is 374 g/mol. The van der Waals surface area contributed by atoms with E-state index in [1.54, 1.807) is 18.2 Å². The summed E-state index contributed by atoms with van der Waals surface area (Å²) in [6.45, 7) is 5.51. The summed E-state index contributed by atoms with van der Waals surface area (Å²) in [6, 6.07) is 18.8. The van der Waals surface area contributed by atoms with Crippen LogP contribution in [0.4, 0.5) is 5.69 Å². The van der Waals surface area contributed by atoms with Gasteiger partial charge in [-0.15, -0.1) is 0 Å². The summed E-state index contributed by atoms with van der Waals surface area (Å²) in [5, 5.41) is 13.3. The number of halogens is 1. The first-order valence-corrected chi connectivity index (χ1v) is 9.59. The molecule has 3 aromatic rings. The quantitative estimate of drug-likeness (QED) is 0.461. The van der Waals surface area contributed by atoms with E-state index in [-0.39, 0.29) is 5.75 Å². The Kier molecular flexibility index (Phi) is 6.66. The van der Waals surface area contributed by atoms with E-state index < -0.39 is 0 Å². The fourth-order valence-corrected chi connectivity index (χ4v) is 3.05. The number of ether oxygens (including phenoxy) is 2. The molecule has 4 nitrogen and oxygen atoms in total. The van der Waals surface area contributed by atoms with Crippen LogP contribution in [0, 0.1) is 6.92 Å². The van der Waals surface area contributed by atoms with Crippen LogP contribution in [0.2, 0.25) is 5.02 Å². The lowest BCUT2D eigenvalue weighted by Gasteiger charge is -2.16. The van der Waals surface area contributed by atoms with Crippen molar-refractivity contribution in [1.82, 2.24) is 0 Å². The Morgan fingerprint density at radius 3 is 2.43 bits per heavy atom. The fourth-order valence-electron chi connectivity index (χ4n) is 2.83. The molecule has 0 radical (unpaired) electrons. The van der Waals surface area contributed by atoms with Crippen molar-refractivity contribution in [3.05, 3.63) is 82.4 Å². The summed E-state index contributed by atoms with van der Waals surface area (Å²) in [4.78, 5) is 0. The first-order chi connectivity index (χ1) is 13.5. The van der Waals surface area contributed by atoms with Crippen LogP contribution in [-0.4, -0.2) is 11.7 Å². The molecule has 0 spiro atoms. The molecule has 146 valence electrons. The van der Waals surface area contributed by atoms with Crippen LogP contribution in [0.25, 0.3) is 0 Å². The second-order valence-electron chi connectivity index (χ2n) is 6.50. The van der Waals surface area contributed by atoms with Crippen LogP contribution in [0.15, 0.2) is 60.7 Å². The molecule has 0 amide bonds. The van der Waals surface area contributed by atoms with Crippen LogP contribution in [-0.2, 0) is 13.2 Å². The zero-order valence-corrected chi connectivity index (χ0v) is 16.8. The number of hydrogen-bond acceptors (Lipinski definition) is 4. The zero-order valence-electron chi connectivity index (χ0n) is 16.0. The molecule has 0 aliphatic heterocycles. The molecule has 0 saturated heterocycles. The van der Waals surface area contributed by atoms with E-state index >= 15 is 0 Å². The summed E-state index contributed by atoms with van der Waals surface area (Å²) >= 11 is 6.48. The Labute approximate surface area is 170 Å². The van der Waals surface area contributed by atoms with Crippen molar-refractivity contribution in [2.24, 2.45) is 0 Å². The monoisotopic (exact) mass is 397 g/mol. The molecule has 28 heavy (non-hydrogen) atoms. The lowest BCUT2D eigenvalue weighted by Crippen LogP contribution is -2.04. The fraction of sp³-hybridized carbons (Fsp3) is 0.217. The third-order valence-electron chi connectivity index (χ3n) is 4.24. The number of phenols is 1. The molecule has 0 heterocycles. The lowest BCUT2D eigenvalue weighted by molar-refractivity contribution is 0.269. The van der Waals surface area contributed by atoms with E-state index in [4.69, 9.17) is 21.1 Å². The summed E-state index contributed by atoms with van der Waals surface area (Å²) in [5.74, 6) is 1.53. The molecule has 0 unspecified atom stereocenters. The van der Waals surface area contributed by atoms with Crippen molar-refractivity contribution >= 4 is 17.3 Å². The minimum Gasteiger partial charge on any atom is -0.508 e. The minimum atomic E-state index is 0.234. The number of phenolic OH excluding ortho intramolecular Hbond substituents is 1. The highest BCUT2D eigenvalue weighted by Gasteiger charge is 2.12. The normalized spacial score (nSPS) is 10.5. The van der Waals surface area contributed by atoms with Crippen molar-refractivity contribution in [3.63, 3.8) is 0 Å². The van der Waals surface area contributed by atoms with Crippen molar-refractivity contribution < 1.29 is 14.6 Å². The first-order valence-electron chi connectivity index (χ1n) is 9.21. The maximum Gasteiger partial charge on any atom is 0.163 e. The molecule has 2 N–H and O–H groups in total. The number of aryl methyl sites for hydroxylation is 1. The molecule has 0 fully saturated rings. The molecule has 5 heteroatoms. The Morgan fingerprint density at radius 2 is 1.71 bits per heavy atom. The van der Waals surface area contributed by atoms with Gasteiger partial charge in [0.25, 0.3) is 0 Å². The molecule has 0 bridgehead atoms. The van der Waals surface area contributed by atoms with Gasteiger partial charge in [0, 0.05) is 23.3 Å². The summed E-state index contributed by atoms with van der Waals surface area (Å²) in [6.07, 6.45) is 0. The van der Waals surface area contributed by atoms with E-state index in [1.165, 1.54) is 5.56 Å². The van der Waals surface area contributed by atoms with Crippen LogP contribution >= 0.6 is 11.6 Å². The van der Waals surface area contributed by atoms with Gasteiger partial charge in [0.1, 0.15) is 12.4 Å². The SMILES string of the molecule is CCOc1cc(CNc2ccc(O)cc2)c(Cl)cc1OCc1cccc(C)c1. The van der Waals surface area contributed by atoms with E-state index in [2.05, 4.69) is 24.4 Å². The average Bonchev–Trinajstić information content (AvgIpc) is 2.68. The summed E-state index contributed by atoms with van der Waals surface area (Å²) in [5.41, 5.74) is 4.09. The molecule has 0 aliphatic rings. The summed E-state index contributed by atoms with van der Waals surface area (Å²) in [7, 11) is 0. The van der Waals surface area contributed by atoms with Gasteiger partial charge in [0.2, 0.25) is 0 Å². The van der Waals surface area contributed by atoms with E-state index in [1.807, 2.05) is 37.3 Å². The second kappa shape index (κ2) is 9.38. The number of anilines is 1. The Balaban J connectivity index is 1.74. The molecule has 0 atom stereocenters. The average molecular weight is 398 g/mol. The molecule has 0 aromatic heterocycles. The first kappa shape index (κ1) is 19.9. The van der Waals surface area contributed by atoms with Crippen molar-refractivity contribution in [1.29, 1.82) is 0 Å². The van der Waals surface area contributed by atoms with Gasteiger partial charge >= 0.3 is 0 Å². The molecule has 3 aromatic carbocycles. The highest BCUT2D eigenvalue weighted by molar-refractivity contribution is 6.31. The Bertz CT molecular complexity index is 926. The molecule has 0 saturated carbocycles. The van der Waals surface area contributed by atoms with Crippen molar-refractivity contribution in [2.45, 2.75) is 27.0 Å². The van der Waals surface area contributed by atoms with Crippen LogP contribution in [0.1, 0.15) is 23.6 Å². The van der Waals surface area contributed by atoms with Gasteiger partial charge in [-0.05, 0) is 55.3 Å². The zero-order chi connectivity index (χ0) is 19.9. The van der Waals surface area contributed by atoms with E-state index in [0.717, 1.165) is 16.8 Å². The van der Waals surface area contributed by atoms with E-state index in [9.17, 15) is 5.11 Å². The second-order valence-corrected chi connectivity index (χ2v) is 6.91. The van der Waals surface area contributed by atoms with Crippen molar-refractivity contribution in [2.75, 3.05) is 11.9 Å². The van der Waals surface area contributed by atoms with Gasteiger partial charge in [0.05, 0.1) is 6.61 Å². The van der Waals surface area contributed by atoms with E-state index in [0.29, 0.717) is 36.3 Å². The van der Waals surface area contributed by atoms with Crippen molar-refractivity contribution in [3.8, 4) is 17.2 Å².